The summed E-state index contributed by atoms with van der Waals surface area (Å²) in [6.45, 7) is 4.55. The highest BCUT2D eigenvalue weighted by Crippen LogP contribution is 2.44. The molecule has 1 aliphatic carbocycles. The second-order valence-corrected chi connectivity index (χ2v) is 6.55. The van der Waals surface area contributed by atoms with Crippen molar-refractivity contribution in [3.05, 3.63) is 40.3 Å². The molecule has 1 heterocycles. The van der Waals surface area contributed by atoms with E-state index in [1.54, 1.807) is 7.11 Å². The highest BCUT2D eigenvalue weighted by molar-refractivity contribution is 5.92. The van der Waals surface area contributed by atoms with Crippen LogP contribution < -0.4 is 0 Å². The van der Waals surface area contributed by atoms with Crippen molar-refractivity contribution in [1.82, 2.24) is 9.97 Å². The average Bonchev–Trinajstić information content (AvgIpc) is 2.96. The van der Waals surface area contributed by atoms with Gasteiger partial charge < -0.3 is 14.8 Å². The average molecular weight is 328 g/mol. The summed E-state index contributed by atoms with van der Waals surface area (Å²) in [6.07, 6.45) is 6.11. The number of carboxylic acid groups (broad SMARTS) is 1. The normalized spacial score (nSPS) is 14.6. The van der Waals surface area contributed by atoms with Gasteiger partial charge in [-0.05, 0) is 55.4 Å². The van der Waals surface area contributed by atoms with Crippen LogP contribution in [0.15, 0.2) is 12.3 Å². The quantitative estimate of drug-likeness (QED) is 0.844. The van der Waals surface area contributed by atoms with Crippen molar-refractivity contribution in [2.24, 2.45) is 0 Å². The zero-order valence-electron chi connectivity index (χ0n) is 14.5. The molecular weight excluding hydrogens is 304 g/mol. The number of hydrogen-bond donors (Lipinski definition) is 2. The van der Waals surface area contributed by atoms with Gasteiger partial charge in [0.2, 0.25) is 0 Å². The van der Waals surface area contributed by atoms with E-state index in [0.717, 1.165) is 28.2 Å². The van der Waals surface area contributed by atoms with E-state index in [1.807, 2.05) is 26.1 Å². The van der Waals surface area contributed by atoms with Gasteiger partial charge in [-0.15, -0.1) is 0 Å². The third-order valence-corrected chi connectivity index (χ3v) is 5.15. The summed E-state index contributed by atoms with van der Waals surface area (Å²) in [7, 11) is 1.67. The minimum absolute atomic E-state index is 0.374. The first-order valence-electron chi connectivity index (χ1n) is 8.43. The molecular formula is C19H24N2O3. The second kappa shape index (κ2) is 6.77. The molecule has 1 aliphatic rings. The number of nitrogens with one attached hydrogen (secondary N) is 1. The Balaban J connectivity index is 2.10. The van der Waals surface area contributed by atoms with Crippen molar-refractivity contribution in [2.75, 3.05) is 13.7 Å². The lowest BCUT2D eigenvalue weighted by Crippen LogP contribution is -2.14. The van der Waals surface area contributed by atoms with Crippen LogP contribution in [0, 0.1) is 13.8 Å². The Morgan fingerprint density at radius 1 is 1.38 bits per heavy atom. The van der Waals surface area contributed by atoms with E-state index in [4.69, 9.17) is 4.74 Å². The first-order valence-corrected chi connectivity index (χ1v) is 8.43. The topological polar surface area (TPSA) is 75.2 Å². The maximum atomic E-state index is 11.6. The number of aromatic nitrogens is 2. The Kier molecular flexibility index (Phi) is 4.71. The van der Waals surface area contributed by atoms with Gasteiger partial charge in [-0.1, -0.05) is 6.42 Å². The van der Waals surface area contributed by atoms with Crippen LogP contribution in [0.3, 0.4) is 0 Å². The first kappa shape index (κ1) is 16.7. The molecule has 1 fully saturated rings. The van der Waals surface area contributed by atoms with Crippen molar-refractivity contribution in [3.8, 4) is 11.3 Å². The molecule has 5 nitrogen and oxygen atoms in total. The summed E-state index contributed by atoms with van der Waals surface area (Å²) in [5.41, 5.74) is 5.50. The van der Waals surface area contributed by atoms with Crippen molar-refractivity contribution in [3.63, 3.8) is 0 Å². The van der Waals surface area contributed by atoms with Gasteiger partial charge in [-0.2, -0.15) is 0 Å². The summed E-state index contributed by atoms with van der Waals surface area (Å²) >= 11 is 0. The molecule has 1 aromatic carbocycles. The lowest BCUT2D eigenvalue weighted by atomic mass is 9.74. The molecule has 2 aromatic rings. The summed E-state index contributed by atoms with van der Waals surface area (Å²) < 4.78 is 5.10. The molecule has 0 aliphatic heterocycles. The highest BCUT2D eigenvalue weighted by atomic mass is 16.5. The van der Waals surface area contributed by atoms with E-state index in [-0.39, 0.29) is 0 Å². The van der Waals surface area contributed by atoms with Crippen LogP contribution in [0.1, 0.15) is 58.1 Å². The number of aromatic carboxylic acids is 1. The van der Waals surface area contributed by atoms with Crippen LogP contribution in [-0.4, -0.2) is 34.8 Å². The van der Waals surface area contributed by atoms with Gasteiger partial charge in [0.25, 0.3) is 0 Å². The van der Waals surface area contributed by atoms with E-state index in [1.165, 1.54) is 24.8 Å². The van der Waals surface area contributed by atoms with Gasteiger partial charge in [0, 0.05) is 19.1 Å². The number of imidazole rings is 1. The van der Waals surface area contributed by atoms with Crippen LogP contribution in [0.25, 0.3) is 11.3 Å². The lowest BCUT2D eigenvalue weighted by molar-refractivity contribution is 0.0696. The van der Waals surface area contributed by atoms with Crippen molar-refractivity contribution >= 4 is 5.97 Å². The number of hydrogen-bond acceptors (Lipinski definition) is 3. The van der Waals surface area contributed by atoms with E-state index in [0.29, 0.717) is 24.5 Å². The predicted molar refractivity (Wildman–Crippen MR) is 92.6 cm³/mol. The Bertz CT molecular complexity index is 760. The number of methoxy groups -OCH3 is 1. The molecule has 0 unspecified atom stereocenters. The SMILES string of the molecule is COCCc1ncc(-c2cc(C(=O)O)c(C)c(C)c2C2CCC2)[nH]1. The summed E-state index contributed by atoms with van der Waals surface area (Å²) in [6, 6.07) is 1.81. The summed E-state index contributed by atoms with van der Waals surface area (Å²) in [5.74, 6) is 0.505. The van der Waals surface area contributed by atoms with Crippen LogP contribution in [0.5, 0.6) is 0 Å². The smallest absolute Gasteiger partial charge is 0.335 e. The van der Waals surface area contributed by atoms with Crippen LogP contribution in [-0.2, 0) is 11.2 Å². The largest absolute Gasteiger partial charge is 0.478 e. The molecule has 1 saturated carbocycles. The van der Waals surface area contributed by atoms with Gasteiger partial charge >= 0.3 is 5.97 Å². The number of carbonyl (C=O) groups is 1. The van der Waals surface area contributed by atoms with Gasteiger partial charge in [-0.3, -0.25) is 0 Å². The Morgan fingerprint density at radius 2 is 2.12 bits per heavy atom. The number of rotatable bonds is 6. The fourth-order valence-corrected chi connectivity index (χ4v) is 3.43. The number of benzene rings is 1. The molecule has 0 bridgehead atoms. The summed E-state index contributed by atoms with van der Waals surface area (Å²) in [5, 5.41) is 9.54. The van der Waals surface area contributed by atoms with Crippen LogP contribution >= 0.6 is 0 Å². The number of aromatic amines is 1. The molecule has 24 heavy (non-hydrogen) atoms. The van der Waals surface area contributed by atoms with Gasteiger partial charge in [0.05, 0.1) is 24.1 Å². The maximum absolute atomic E-state index is 11.6. The Labute approximate surface area is 142 Å². The predicted octanol–water partition coefficient (Wildman–Crippen LogP) is 3.85. The van der Waals surface area contributed by atoms with E-state index < -0.39 is 5.97 Å². The van der Waals surface area contributed by atoms with E-state index in [9.17, 15) is 9.90 Å². The summed E-state index contributed by atoms with van der Waals surface area (Å²) in [4.78, 5) is 19.4. The molecule has 2 N–H and O–H groups in total. The van der Waals surface area contributed by atoms with Crippen molar-refractivity contribution < 1.29 is 14.6 Å². The molecule has 0 radical (unpaired) electrons. The highest BCUT2D eigenvalue weighted by Gasteiger charge is 2.27. The van der Waals surface area contributed by atoms with Gasteiger partial charge in [0.1, 0.15) is 5.82 Å². The van der Waals surface area contributed by atoms with Crippen molar-refractivity contribution in [2.45, 2.75) is 45.4 Å². The molecule has 3 rings (SSSR count). The number of carboxylic acids is 1. The Morgan fingerprint density at radius 3 is 2.71 bits per heavy atom. The second-order valence-electron chi connectivity index (χ2n) is 6.55. The number of H-pyrrole nitrogens is 1. The third kappa shape index (κ3) is 2.96. The third-order valence-electron chi connectivity index (χ3n) is 5.15. The number of ether oxygens (including phenoxy) is 1. The molecule has 5 heteroatoms. The fourth-order valence-electron chi connectivity index (χ4n) is 3.43. The molecule has 0 amide bonds. The molecule has 0 atom stereocenters. The molecule has 1 aromatic heterocycles. The first-order chi connectivity index (χ1) is 11.5. The van der Waals surface area contributed by atoms with Gasteiger partial charge in [0.15, 0.2) is 0 Å². The van der Waals surface area contributed by atoms with Crippen LogP contribution in [0.4, 0.5) is 0 Å². The van der Waals surface area contributed by atoms with Gasteiger partial charge in [-0.25, -0.2) is 9.78 Å². The fraction of sp³-hybridized carbons (Fsp3) is 0.474. The standard InChI is InChI=1S/C19H24N2O3/c1-11-12(2)18(13-5-4-6-13)15(9-14(11)19(22)23)16-10-20-17(21-16)7-8-24-3/h9-10,13H,4-8H2,1-3H3,(H,20,21)(H,22,23). The van der Waals surface area contributed by atoms with Crippen molar-refractivity contribution in [1.29, 1.82) is 0 Å². The van der Waals surface area contributed by atoms with Crippen LogP contribution in [0.2, 0.25) is 0 Å². The Hall–Kier alpha value is -2.14. The molecule has 0 spiro atoms. The zero-order valence-corrected chi connectivity index (χ0v) is 14.5. The minimum atomic E-state index is -0.879. The van der Waals surface area contributed by atoms with E-state index in [2.05, 4.69) is 9.97 Å². The lowest BCUT2D eigenvalue weighted by Gasteiger charge is -2.30. The monoisotopic (exact) mass is 328 g/mol. The van der Waals surface area contributed by atoms with E-state index >= 15 is 0 Å². The zero-order chi connectivity index (χ0) is 17.3. The minimum Gasteiger partial charge on any atom is -0.478 e. The molecule has 0 saturated heterocycles. The number of nitrogens with zero attached hydrogens (tertiary/aromatic N) is 1. The maximum Gasteiger partial charge on any atom is 0.335 e. The molecule has 128 valence electrons.